The minimum atomic E-state index is -0.525. The van der Waals surface area contributed by atoms with Crippen LogP contribution in [0.1, 0.15) is 18.1 Å². The lowest BCUT2D eigenvalue weighted by Crippen LogP contribution is -2.37. The second-order valence-electron chi connectivity index (χ2n) is 5.87. The number of halogens is 3. The number of nitrogens with one attached hydrogen (secondary N) is 1. The Kier molecular flexibility index (Phi) is 7.39. The SMILES string of the molecule is CCN(CC(=O)Nc1cc(Cl)ccc1C)C(=O)/C=C/c1ccc(F)c(Cl)c1. The molecule has 2 aromatic rings. The van der Waals surface area contributed by atoms with Gasteiger partial charge in [0.25, 0.3) is 0 Å². The van der Waals surface area contributed by atoms with E-state index in [2.05, 4.69) is 5.32 Å². The molecular formula is C20H19Cl2FN2O2. The van der Waals surface area contributed by atoms with Gasteiger partial charge in [-0.15, -0.1) is 0 Å². The molecule has 2 rings (SSSR count). The summed E-state index contributed by atoms with van der Waals surface area (Å²) in [7, 11) is 0. The number of rotatable bonds is 6. The van der Waals surface area contributed by atoms with Gasteiger partial charge >= 0.3 is 0 Å². The Hall–Kier alpha value is -2.37. The van der Waals surface area contributed by atoms with Gasteiger partial charge in [-0.2, -0.15) is 0 Å². The predicted molar refractivity (Wildman–Crippen MR) is 108 cm³/mol. The number of amides is 2. The molecule has 2 aromatic carbocycles. The van der Waals surface area contributed by atoms with Gasteiger partial charge in [0.15, 0.2) is 0 Å². The van der Waals surface area contributed by atoms with E-state index in [4.69, 9.17) is 23.2 Å². The van der Waals surface area contributed by atoms with Gasteiger partial charge in [-0.3, -0.25) is 9.59 Å². The topological polar surface area (TPSA) is 49.4 Å². The summed E-state index contributed by atoms with van der Waals surface area (Å²) in [6.45, 7) is 3.88. The summed E-state index contributed by atoms with van der Waals surface area (Å²) >= 11 is 11.7. The molecule has 0 fully saturated rings. The third kappa shape index (κ3) is 6.08. The van der Waals surface area contributed by atoms with E-state index in [0.717, 1.165) is 5.56 Å². The largest absolute Gasteiger partial charge is 0.330 e. The van der Waals surface area contributed by atoms with Crippen molar-refractivity contribution < 1.29 is 14.0 Å². The maximum absolute atomic E-state index is 13.2. The van der Waals surface area contributed by atoms with Gasteiger partial charge in [-0.05, 0) is 55.3 Å². The first kappa shape index (κ1) is 20.9. The van der Waals surface area contributed by atoms with E-state index in [0.29, 0.717) is 22.8 Å². The number of hydrogen-bond acceptors (Lipinski definition) is 2. The van der Waals surface area contributed by atoms with Crippen molar-refractivity contribution in [2.45, 2.75) is 13.8 Å². The summed E-state index contributed by atoms with van der Waals surface area (Å²) in [5.41, 5.74) is 2.06. The standard InChI is InChI=1S/C20H19Cl2FN2O2/c1-3-25(12-19(26)24-18-11-15(21)7-4-13(18)2)20(27)9-6-14-5-8-17(23)16(22)10-14/h4-11H,3,12H2,1-2H3,(H,24,26)/b9-6+. The summed E-state index contributed by atoms with van der Waals surface area (Å²) in [4.78, 5) is 26.0. The molecule has 0 aliphatic rings. The van der Waals surface area contributed by atoms with E-state index in [1.165, 1.54) is 35.3 Å². The lowest BCUT2D eigenvalue weighted by atomic mass is 10.2. The molecule has 27 heavy (non-hydrogen) atoms. The molecule has 0 bridgehead atoms. The summed E-state index contributed by atoms with van der Waals surface area (Å²) in [5, 5.41) is 3.25. The lowest BCUT2D eigenvalue weighted by Gasteiger charge is -2.19. The quantitative estimate of drug-likeness (QED) is 0.687. The average Bonchev–Trinajstić information content (AvgIpc) is 2.63. The Morgan fingerprint density at radius 1 is 1.19 bits per heavy atom. The molecule has 2 amide bonds. The van der Waals surface area contributed by atoms with Crippen LogP contribution in [0.2, 0.25) is 10.0 Å². The Balaban J connectivity index is 2.01. The second-order valence-corrected chi connectivity index (χ2v) is 6.71. The number of carbonyl (C=O) groups excluding carboxylic acids is 2. The fourth-order valence-electron chi connectivity index (χ4n) is 2.33. The predicted octanol–water partition coefficient (Wildman–Crippen LogP) is 4.94. The molecule has 0 saturated carbocycles. The first-order chi connectivity index (χ1) is 12.8. The molecule has 7 heteroatoms. The van der Waals surface area contributed by atoms with Crippen molar-refractivity contribution in [1.29, 1.82) is 0 Å². The van der Waals surface area contributed by atoms with Crippen LogP contribution in [0.15, 0.2) is 42.5 Å². The van der Waals surface area contributed by atoms with Gasteiger partial charge in [0.05, 0.1) is 5.02 Å². The number of likely N-dealkylation sites (N-methyl/N-ethyl adjacent to an activating group) is 1. The Bertz CT molecular complexity index is 884. The summed E-state index contributed by atoms with van der Waals surface area (Å²) < 4.78 is 13.2. The highest BCUT2D eigenvalue weighted by Gasteiger charge is 2.14. The van der Waals surface area contributed by atoms with E-state index in [1.807, 2.05) is 6.92 Å². The van der Waals surface area contributed by atoms with Crippen molar-refractivity contribution in [3.8, 4) is 0 Å². The van der Waals surface area contributed by atoms with Crippen LogP contribution in [-0.4, -0.2) is 29.8 Å². The van der Waals surface area contributed by atoms with Crippen molar-refractivity contribution in [3.63, 3.8) is 0 Å². The van der Waals surface area contributed by atoms with Gasteiger partial charge in [0, 0.05) is 23.3 Å². The van der Waals surface area contributed by atoms with E-state index >= 15 is 0 Å². The van der Waals surface area contributed by atoms with Crippen molar-refractivity contribution in [1.82, 2.24) is 4.90 Å². The van der Waals surface area contributed by atoms with Crippen molar-refractivity contribution in [2.24, 2.45) is 0 Å². The van der Waals surface area contributed by atoms with E-state index in [1.54, 1.807) is 25.1 Å². The molecule has 1 N–H and O–H groups in total. The Morgan fingerprint density at radius 2 is 1.93 bits per heavy atom. The second kappa shape index (κ2) is 9.53. The molecule has 0 radical (unpaired) electrons. The molecule has 0 aliphatic heterocycles. The number of anilines is 1. The third-order valence-electron chi connectivity index (χ3n) is 3.86. The normalized spacial score (nSPS) is 10.9. The number of aryl methyl sites for hydroxylation is 1. The number of benzene rings is 2. The van der Waals surface area contributed by atoms with Crippen LogP contribution < -0.4 is 5.32 Å². The zero-order valence-electron chi connectivity index (χ0n) is 14.9. The van der Waals surface area contributed by atoms with Crippen LogP contribution in [0, 0.1) is 12.7 Å². The molecule has 0 saturated heterocycles. The van der Waals surface area contributed by atoms with E-state index in [-0.39, 0.29) is 23.4 Å². The molecule has 4 nitrogen and oxygen atoms in total. The minimum Gasteiger partial charge on any atom is -0.330 e. The number of nitrogens with zero attached hydrogens (tertiary/aromatic N) is 1. The lowest BCUT2D eigenvalue weighted by molar-refractivity contribution is -0.130. The maximum atomic E-state index is 13.2. The highest BCUT2D eigenvalue weighted by Crippen LogP contribution is 2.20. The molecule has 0 atom stereocenters. The first-order valence-electron chi connectivity index (χ1n) is 8.28. The van der Waals surface area contributed by atoms with Crippen molar-refractivity contribution in [3.05, 3.63) is 69.5 Å². The fourth-order valence-corrected chi connectivity index (χ4v) is 2.69. The molecule has 142 valence electrons. The Morgan fingerprint density at radius 3 is 2.59 bits per heavy atom. The zero-order valence-corrected chi connectivity index (χ0v) is 16.4. The van der Waals surface area contributed by atoms with Gasteiger partial charge in [-0.25, -0.2) is 4.39 Å². The van der Waals surface area contributed by atoms with Gasteiger partial charge in [0.2, 0.25) is 11.8 Å². The number of carbonyl (C=O) groups is 2. The Labute approximate surface area is 167 Å². The van der Waals surface area contributed by atoms with Crippen LogP contribution in [0.5, 0.6) is 0 Å². The average molecular weight is 409 g/mol. The van der Waals surface area contributed by atoms with E-state index < -0.39 is 5.82 Å². The van der Waals surface area contributed by atoms with Crippen molar-refractivity contribution >= 4 is 46.8 Å². The van der Waals surface area contributed by atoms with Crippen LogP contribution >= 0.6 is 23.2 Å². The maximum Gasteiger partial charge on any atom is 0.247 e. The summed E-state index contributed by atoms with van der Waals surface area (Å²) in [5.74, 6) is -1.19. The molecule has 0 aromatic heterocycles. The molecule has 0 spiro atoms. The summed E-state index contributed by atoms with van der Waals surface area (Å²) in [6, 6.07) is 9.36. The smallest absolute Gasteiger partial charge is 0.247 e. The van der Waals surface area contributed by atoms with Crippen LogP contribution in [0.4, 0.5) is 10.1 Å². The van der Waals surface area contributed by atoms with Gasteiger partial charge in [-0.1, -0.05) is 35.3 Å². The van der Waals surface area contributed by atoms with Crippen LogP contribution in [-0.2, 0) is 9.59 Å². The fraction of sp³-hybridized carbons (Fsp3) is 0.200. The summed E-state index contributed by atoms with van der Waals surface area (Å²) in [6.07, 6.45) is 2.85. The monoisotopic (exact) mass is 408 g/mol. The molecular weight excluding hydrogens is 390 g/mol. The highest BCUT2D eigenvalue weighted by molar-refractivity contribution is 6.31. The van der Waals surface area contributed by atoms with Gasteiger partial charge < -0.3 is 10.2 Å². The third-order valence-corrected chi connectivity index (χ3v) is 4.39. The van der Waals surface area contributed by atoms with E-state index in [9.17, 15) is 14.0 Å². The van der Waals surface area contributed by atoms with Crippen LogP contribution in [0.25, 0.3) is 6.08 Å². The zero-order chi connectivity index (χ0) is 20.0. The highest BCUT2D eigenvalue weighted by atomic mass is 35.5. The molecule has 0 unspecified atom stereocenters. The number of hydrogen-bond donors (Lipinski definition) is 1. The van der Waals surface area contributed by atoms with Crippen molar-refractivity contribution in [2.75, 3.05) is 18.4 Å². The molecule has 0 heterocycles. The van der Waals surface area contributed by atoms with Gasteiger partial charge in [0.1, 0.15) is 12.4 Å². The van der Waals surface area contributed by atoms with Crippen LogP contribution in [0.3, 0.4) is 0 Å². The molecule has 0 aliphatic carbocycles. The first-order valence-corrected chi connectivity index (χ1v) is 9.03. The minimum absolute atomic E-state index is 0.0202.